The third kappa shape index (κ3) is 4.57. The van der Waals surface area contributed by atoms with Crippen LogP contribution in [0.4, 0.5) is 0 Å². The van der Waals surface area contributed by atoms with Gasteiger partial charge in [0.25, 0.3) is 0 Å². The zero-order valence-electron chi connectivity index (χ0n) is 16.3. The van der Waals surface area contributed by atoms with Crippen molar-refractivity contribution < 1.29 is 0 Å². The van der Waals surface area contributed by atoms with E-state index in [0.29, 0.717) is 12.1 Å². The van der Waals surface area contributed by atoms with Crippen LogP contribution >= 0.6 is 23.2 Å². The summed E-state index contributed by atoms with van der Waals surface area (Å²) in [4.78, 5) is 9.32. The molecule has 2 aliphatic rings. The average molecular weight is 379 g/mol. The molecule has 7 unspecified atom stereocenters. The molecule has 142 valence electrons. The zero-order valence-corrected chi connectivity index (χ0v) is 17.8. The van der Waals surface area contributed by atoms with Gasteiger partial charge in [-0.3, -0.25) is 9.80 Å². The number of rotatable bonds is 0. The first-order valence-electron chi connectivity index (χ1n) is 9.37. The van der Waals surface area contributed by atoms with Crippen LogP contribution in [0.25, 0.3) is 0 Å². The van der Waals surface area contributed by atoms with Crippen LogP contribution in [0, 0.1) is 0 Å². The second kappa shape index (κ2) is 8.41. The van der Waals surface area contributed by atoms with E-state index in [9.17, 15) is 0 Å². The topological polar surface area (TPSA) is 13.0 Å². The molecule has 0 amide bonds. The number of alkyl halides is 2. The molecule has 0 N–H and O–H groups in total. The first kappa shape index (κ1) is 20.7. The largest absolute Gasteiger partial charge is 0.302 e. The van der Waals surface area contributed by atoms with Crippen molar-refractivity contribution >= 4 is 23.2 Å². The molecule has 2 bridgehead atoms. The molecule has 4 nitrogen and oxygen atoms in total. The molecule has 0 aliphatic carbocycles. The van der Waals surface area contributed by atoms with Gasteiger partial charge in [0, 0.05) is 57.4 Å². The molecule has 0 aromatic rings. The molecule has 2 fully saturated rings. The molecule has 2 heterocycles. The van der Waals surface area contributed by atoms with Crippen molar-refractivity contribution in [2.75, 3.05) is 53.4 Å². The highest BCUT2D eigenvalue weighted by Gasteiger charge is 2.42. The van der Waals surface area contributed by atoms with E-state index in [1.807, 2.05) is 0 Å². The van der Waals surface area contributed by atoms with Gasteiger partial charge in [0.05, 0.1) is 5.38 Å². The monoisotopic (exact) mass is 378 g/mol. The van der Waals surface area contributed by atoms with E-state index in [0.717, 1.165) is 39.3 Å². The third-order valence-corrected chi connectivity index (χ3v) is 7.79. The van der Waals surface area contributed by atoms with Crippen molar-refractivity contribution in [1.29, 1.82) is 0 Å². The lowest BCUT2D eigenvalue weighted by atomic mass is 10.0. The van der Waals surface area contributed by atoms with Gasteiger partial charge in [0.2, 0.25) is 0 Å². The summed E-state index contributed by atoms with van der Waals surface area (Å²) in [6.45, 7) is 15.2. The van der Waals surface area contributed by atoms with Crippen molar-refractivity contribution in [2.45, 2.75) is 62.6 Å². The summed E-state index contributed by atoms with van der Waals surface area (Å²) in [5.41, 5.74) is 0. The standard InChI is InChI=1S/C18H36Cl2N4/c1-14-13-15(2)23-9-7-22(6)16(3)17(19)18(4,20)24(12-10-23)11-8-21(14)5/h14-17H,7-13H2,1-6H3. The highest BCUT2D eigenvalue weighted by atomic mass is 35.5. The summed E-state index contributed by atoms with van der Waals surface area (Å²) in [7, 11) is 4.40. The highest BCUT2D eigenvalue weighted by molar-refractivity contribution is 6.32. The van der Waals surface area contributed by atoms with Crippen molar-refractivity contribution in [3.8, 4) is 0 Å². The molecular weight excluding hydrogens is 343 g/mol. The van der Waals surface area contributed by atoms with Crippen LogP contribution in [-0.2, 0) is 0 Å². The lowest BCUT2D eigenvalue weighted by molar-refractivity contribution is 0.0484. The number of nitrogens with zero attached hydrogens (tertiary/aromatic N) is 4. The van der Waals surface area contributed by atoms with Gasteiger partial charge in [-0.2, -0.15) is 0 Å². The molecule has 0 spiro atoms. The number of hydrogen-bond acceptors (Lipinski definition) is 4. The maximum atomic E-state index is 7.05. The molecule has 2 saturated heterocycles. The van der Waals surface area contributed by atoms with Crippen LogP contribution in [0.15, 0.2) is 0 Å². The minimum Gasteiger partial charge on any atom is -0.302 e. The van der Waals surface area contributed by atoms with Crippen molar-refractivity contribution in [3.05, 3.63) is 0 Å². The third-order valence-electron chi connectivity index (χ3n) is 6.42. The molecule has 24 heavy (non-hydrogen) atoms. The van der Waals surface area contributed by atoms with E-state index in [-0.39, 0.29) is 11.4 Å². The number of fused-ring (bicyclic) bond motifs is 3. The van der Waals surface area contributed by atoms with E-state index < -0.39 is 5.00 Å². The first-order chi connectivity index (χ1) is 11.1. The first-order valence-corrected chi connectivity index (χ1v) is 10.2. The van der Waals surface area contributed by atoms with E-state index >= 15 is 0 Å². The van der Waals surface area contributed by atoms with Gasteiger partial charge in [-0.25, -0.2) is 0 Å². The van der Waals surface area contributed by atoms with Gasteiger partial charge >= 0.3 is 0 Å². The maximum absolute atomic E-state index is 7.05. The van der Waals surface area contributed by atoms with Gasteiger partial charge < -0.3 is 9.80 Å². The van der Waals surface area contributed by atoms with Crippen molar-refractivity contribution in [1.82, 2.24) is 19.6 Å². The van der Waals surface area contributed by atoms with E-state index in [2.05, 4.69) is 61.4 Å². The van der Waals surface area contributed by atoms with Gasteiger partial charge in [-0.05, 0) is 48.2 Å². The number of likely N-dealkylation sites (N-methyl/N-ethyl adjacent to an activating group) is 2. The number of halogens is 2. The lowest BCUT2D eigenvalue weighted by Gasteiger charge is -2.48. The second-order valence-corrected chi connectivity index (χ2v) is 9.32. The Kier molecular flexibility index (Phi) is 7.26. The summed E-state index contributed by atoms with van der Waals surface area (Å²) >= 11 is 13.9. The normalized spacial score (nSPS) is 47.5. The summed E-state index contributed by atoms with van der Waals surface area (Å²) < 4.78 is 0. The van der Waals surface area contributed by atoms with Crippen molar-refractivity contribution in [2.24, 2.45) is 0 Å². The smallest absolute Gasteiger partial charge is 0.111 e. The molecule has 0 aromatic heterocycles. The molecule has 0 saturated carbocycles. The summed E-state index contributed by atoms with van der Waals surface area (Å²) in [6, 6.07) is 1.40. The Bertz CT molecular complexity index is 406. The van der Waals surface area contributed by atoms with Crippen molar-refractivity contribution in [3.63, 3.8) is 0 Å². The Morgan fingerprint density at radius 2 is 1.38 bits per heavy atom. The van der Waals surface area contributed by atoms with Crippen LogP contribution in [0.1, 0.15) is 34.1 Å². The Morgan fingerprint density at radius 1 is 0.833 bits per heavy atom. The van der Waals surface area contributed by atoms with Crippen LogP contribution in [0.5, 0.6) is 0 Å². The molecule has 0 aromatic carbocycles. The van der Waals surface area contributed by atoms with Crippen LogP contribution in [-0.4, -0.2) is 101 Å². The fourth-order valence-electron chi connectivity index (χ4n) is 4.00. The Hall–Kier alpha value is 0.420. The maximum Gasteiger partial charge on any atom is 0.111 e. The van der Waals surface area contributed by atoms with Gasteiger partial charge in [-0.15, -0.1) is 23.2 Å². The molecule has 6 heteroatoms. The predicted molar refractivity (Wildman–Crippen MR) is 105 cm³/mol. The Morgan fingerprint density at radius 3 is 2.04 bits per heavy atom. The summed E-state index contributed by atoms with van der Waals surface area (Å²) in [6.07, 6.45) is 1.21. The second-order valence-electron chi connectivity index (χ2n) is 8.08. The SMILES string of the molecule is CC1CC(C)N2CCN(C)C(C)C(Cl)C(C)(Cl)N(CCN1C)CC2. The Labute approximate surface area is 159 Å². The van der Waals surface area contributed by atoms with E-state index in [1.165, 1.54) is 6.42 Å². The van der Waals surface area contributed by atoms with Gasteiger partial charge in [0.15, 0.2) is 0 Å². The molecule has 7 atom stereocenters. The zero-order chi connectivity index (χ0) is 18.1. The minimum atomic E-state index is -0.537. The summed E-state index contributed by atoms with van der Waals surface area (Å²) in [5, 5.41) is -0.112. The number of hydrogen-bond donors (Lipinski definition) is 0. The lowest BCUT2D eigenvalue weighted by Crippen LogP contribution is -2.60. The van der Waals surface area contributed by atoms with Gasteiger partial charge in [-0.1, -0.05) is 0 Å². The molecule has 0 radical (unpaired) electrons. The quantitative estimate of drug-likeness (QED) is 0.474. The van der Waals surface area contributed by atoms with Gasteiger partial charge in [0.1, 0.15) is 5.00 Å². The van der Waals surface area contributed by atoms with E-state index in [4.69, 9.17) is 23.2 Å². The predicted octanol–water partition coefficient (Wildman–Crippen LogP) is 2.60. The highest BCUT2D eigenvalue weighted by Crippen LogP contribution is 2.33. The Balaban J connectivity index is 2.32. The van der Waals surface area contributed by atoms with Crippen LogP contribution in [0.2, 0.25) is 0 Å². The van der Waals surface area contributed by atoms with E-state index in [1.54, 1.807) is 0 Å². The van der Waals surface area contributed by atoms with Crippen LogP contribution in [0.3, 0.4) is 0 Å². The molecule has 2 rings (SSSR count). The average Bonchev–Trinajstić information content (AvgIpc) is 2.53. The van der Waals surface area contributed by atoms with Crippen LogP contribution < -0.4 is 0 Å². The molecule has 2 aliphatic heterocycles. The fraction of sp³-hybridized carbons (Fsp3) is 1.00. The minimum absolute atomic E-state index is 0.112. The molecular formula is C18H36Cl2N4. The fourth-order valence-corrected chi connectivity index (χ4v) is 4.68. The summed E-state index contributed by atoms with van der Waals surface area (Å²) in [5.74, 6) is 0.